The van der Waals surface area contributed by atoms with Gasteiger partial charge in [0.25, 0.3) is 17.5 Å². The Balaban J connectivity index is 1.99. The minimum absolute atomic E-state index is 0.0142. The topological polar surface area (TPSA) is 117 Å². The SMILES string of the molecule is C=CCN1C(=O)C(C#N)=C(C)/C(=C/c2ccc(-c3ccc([N+](=O)[O-])cc3)o2)C1=O. The largest absolute Gasteiger partial charge is 0.457 e. The number of imide groups is 1. The highest BCUT2D eigenvalue weighted by Crippen LogP contribution is 2.29. The van der Waals surface area contributed by atoms with E-state index in [1.165, 1.54) is 31.2 Å². The quantitative estimate of drug-likeness (QED) is 0.253. The van der Waals surface area contributed by atoms with E-state index in [-0.39, 0.29) is 29.0 Å². The van der Waals surface area contributed by atoms with E-state index in [0.29, 0.717) is 17.1 Å². The van der Waals surface area contributed by atoms with Gasteiger partial charge in [-0.05, 0) is 42.8 Å². The summed E-state index contributed by atoms with van der Waals surface area (Å²) in [4.78, 5) is 36.3. The van der Waals surface area contributed by atoms with E-state index in [4.69, 9.17) is 4.42 Å². The summed E-state index contributed by atoms with van der Waals surface area (Å²) in [5.74, 6) is -0.403. The molecule has 0 atom stereocenters. The summed E-state index contributed by atoms with van der Waals surface area (Å²) in [7, 11) is 0. The molecule has 0 saturated carbocycles. The molecule has 29 heavy (non-hydrogen) atoms. The number of furan rings is 1. The van der Waals surface area contributed by atoms with Crippen LogP contribution in [0.3, 0.4) is 0 Å². The van der Waals surface area contributed by atoms with E-state index >= 15 is 0 Å². The number of nitro benzene ring substituents is 1. The van der Waals surface area contributed by atoms with Crippen molar-refractivity contribution in [1.82, 2.24) is 4.90 Å². The zero-order valence-corrected chi connectivity index (χ0v) is 15.4. The van der Waals surface area contributed by atoms with Gasteiger partial charge in [0.15, 0.2) is 0 Å². The third-order valence-corrected chi connectivity index (χ3v) is 4.41. The molecule has 0 unspecified atom stereocenters. The first-order valence-corrected chi connectivity index (χ1v) is 8.52. The summed E-state index contributed by atoms with van der Waals surface area (Å²) in [5, 5.41) is 20.1. The second-order valence-corrected chi connectivity index (χ2v) is 6.19. The Kier molecular flexibility index (Phi) is 5.23. The Labute approximate surface area is 165 Å². The normalized spacial score (nSPS) is 15.6. The molecule has 0 radical (unpaired) electrons. The van der Waals surface area contributed by atoms with E-state index in [1.54, 1.807) is 24.3 Å². The third-order valence-electron chi connectivity index (χ3n) is 4.41. The second-order valence-electron chi connectivity index (χ2n) is 6.19. The van der Waals surface area contributed by atoms with Crippen molar-refractivity contribution in [2.45, 2.75) is 6.92 Å². The van der Waals surface area contributed by atoms with Gasteiger partial charge in [0.05, 0.1) is 4.92 Å². The van der Waals surface area contributed by atoms with Crippen LogP contribution in [0.4, 0.5) is 5.69 Å². The molecule has 144 valence electrons. The van der Waals surface area contributed by atoms with E-state index < -0.39 is 16.7 Å². The number of non-ortho nitro benzene ring substituents is 1. The molecule has 0 aliphatic carbocycles. The van der Waals surface area contributed by atoms with Crippen molar-refractivity contribution in [1.29, 1.82) is 5.26 Å². The first-order chi connectivity index (χ1) is 13.9. The highest BCUT2D eigenvalue weighted by Gasteiger charge is 2.34. The number of nitrogens with zero attached hydrogens (tertiary/aromatic N) is 3. The van der Waals surface area contributed by atoms with Crippen LogP contribution in [-0.2, 0) is 9.59 Å². The van der Waals surface area contributed by atoms with Crippen molar-refractivity contribution >= 4 is 23.6 Å². The second kappa shape index (κ2) is 7.78. The van der Waals surface area contributed by atoms with Crippen molar-refractivity contribution in [3.8, 4) is 17.4 Å². The molecular weight excluding hydrogens is 374 g/mol. The summed E-state index contributed by atoms with van der Waals surface area (Å²) >= 11 is 0. The van der Waals surface area contributed by atoms with Crippen LogP contribution in [0, 0.1) is 21.4 Å². The van der Waals surface area contributed by atoms with Gasteiger partial charge in [-0.1, -0.05) is 6.08 Å². The zero-order valence-electron chi connectivity index (χ0n) is 15.4. The number of benzene rings is 1. The number of rotatable bonds is 5. The lowest BCUT2D eigenvalue weighted by atomic mass is 9.94. The standard InChI is InChI=1S/C21H15N3O5/c1-3-10-23-20(25)17(13(2)18(12-22)21(23)26)11-16-8-9-19(29-16)14-4-6-15(7-5-14)24(27)28/h3-9,11H,1,10H2,2H3/b17-11-. The summed E-state index contributed by atoms with van der Waals surface area (Å²) in [6.45, 7) is 5.05. The number of hydrogen-bond donors (Lipinski definition) is 0. The smallest absolute Gasteiger partial charge is 0.271 e. The Morgan fingerprint density at radius 1 is 1.21 bits per heavy atom. The van der Waals surface area contributed by atoms with Crippen LogP contribution in [-0.4, -0.2) is 28.2 Å². The lowest BCUT2D eigenvalue weighted by Crippen LogP contribution is -2.42. The van der Waals surface area contributed by atoms with Gasteiger partial charge in [-0.3, -0.25) is 24.6 Å². The molecule has 0 N–H and O–H groups in total. The predicted octanol–water partition coefficient (Wildman–Crippen LogP) is 3.63. The highest BCUT2D eigenvalue weighted by atomic mass is 16.6. The van der Waals surface area contributed by atoms with Gasteiger partial charge in [-0.2, -0.15) is 5.26 Å². The molecule has 3 rings (SSSR count). The van der Waals surface area contributed by atoms with Crippen LogP contribution in [0.5, 0.6) is 0 Å². The first kappa shape index (κ1) is 19.5. The number of nitro groups is 1. The molecule has 0 spiro atoms. The minimum atomic E-state index is -0.655. The predicted molar refractivity (Wildman–Crippen MR) is 104 cm³/mol. The van der Waals surface area contributed by atoms with Crippen LogP contribution >= 0.6 is 0 Å². The van der Waals surface area contributed by atoms with Gasteiger partial charge in [0, 0.05) is 29.8 Å². The average molecular weight is 389 g/mol. The Hall–Kier alpha value is -4.25. The van der Waals surface area contributed by atoms with Crippen molar-refractivity contribution in [3.05, 3.63) is 81.6 Å². The number of carbonyl (C=O) groups is 2. The fourth-order valence-corrected chi connectivity index (χ4v) is 2.90. The van der Waals surface area contributed by atoms with Gasteiger partial charge in [0.1, 0.15) is 23.2 Å². The average Bonchev–Trinajstić information content (AvgIpc) is 3.18. The van der Waals surface area contributed by atoms with Gasteiger partial charge in [-0.15, -0.1) is 6.58 Å². The van der Waals surface area contributed by atoms with Crippen LogP contribution in [0.25, 0.3) is 17.4 Å². The highest BCUT2D eigenvalue weighted by molar-refractivity contribution is 6.19. The molecule has 2 heterocycles. The van der Waals surface area contributed by atoms with E-state index in [9.17, 15) is 25.0 Å². The third kappa shape index (κ3) is 3.61. The minimum Gasteiger partial charge on any atom is -0.457 e. The Bertz CT molecular complexity index is 1130. The van der Waals surface area contributed by atoms with Gasteiger partial charge >= 0.3 is 0 Å². The lowest BCUT2D eigenvalue weighted by Gasteiger charge is -2.26. The molecule has 1 aliphatic heterocycles. The maximum absolute atomic E-state index is 12.7. The van der Waals surface area contributed by atoms with E-state index in [0.717, 1.165) is 4.90 Å². The maximum Gasteiger partial charge on any atom is 0.271 e. The van der Waals surface area contributed by atoms with Gasteiger partial charge < -0.3 is 4.42 Å². The molecule has 8 heteroatoms. The molecule has 8 nitrogen and oxygen atoms in total. The van der Waals surface area contributed by atoms with Crippen molar-refractivity contribution < 1.29 is 18.9 Å². The molecular formula is C21H15N3O5. The molecule has 0 saturated heterocycles. The van der Waals surface area contributed by atoms with Gasteiger partial charge in [-0.25, -0.2) is 0 Å². The molecule has 1 aromatic heterocycles. The number of amides is 2. The maximum atomic E-state index is 12.7. The lowest BCUT2D eigenvalue weighted by molar-refractivity contribution is -0.384. The summed E-state index contributed by atoms with van der Waals surface area (Å²) in [6.07, 6.45) is 2.87. The Morgan fingerprint density at radius 3 is 2.48 bits per heavy atom. The fraction of sp³-hybridized carbons (Fsp3) is 0.0952. The zero-order chi connectivity index (χ0) is 21.1. The fourth-order valence-electron chi connectivity index (χ4n) is 2.90. The van der Waals surface area contributed by atoms with Crippen LogP contribution in [0.2, 0.25) is 0 Å². The molecule has 1 aliphatic rings. The molecule has 1 aromatic carbocycles. The monoisotopic (exact) mass is 389 g/mol. The Morgan fingerprint density at radius 2 is 1.90 bits per heavy atom. The number of carbonyl (C=O) groups excluding carboxylic acids is 2. The van der Waals surface area contributed by atoms with Crippen LogP contribution < -0.4 is 0 Å². The number of nitriles is 1. The van der Waals surface area contributed by atoms with Gasteiger partial charge in [0.2, 0.25) is 0 Å². The molecule has 2 amide bonds. The van der Waals surface area contributed by atoms with Crippen molar-refractivity contribution in [2.24, 2.45) is 0 Å². The number of hydrogen-bond acceptors (Lipinski definition) is 6. The van der Waals surface area contributed by atoms with Crippen LogP contribution in [0.15, 0.2) is 70.2 Å². The summed E-state index contributed by atoms with van der Waals surface area (Å²) in [6, 6.07) is 11.0. The summed E-state index contributed by atoms with van der Waals surface area (Å²) < 4.78 is 5.73. The molecule has 0 bridgehead atoms. The van der Waals surface area contributed by atoms with Crippen LogP contribution in [0.1, 0.15) is 12.7 Å². The van der Waals surface area contributed by atoms with E-state index in [2.05, 4.69) is 6.58 Å². The molecule has 2 aromatic rings. The van der Waals surface area contributed by atoms with Crippen molar-refractivity contribution in [3.63, 3.8) is 0 Å². The van der Waals surface area contributed by atoms with Crippen molar-refractivity contribution in [2.75, 3.05) is 6.54 Å². The first-order valence-electron chi connectivity index (χ1n) is 8.52. The summed E-state index contributed by atoms with van der Waals surface area (Å²) in [5.41, 5.74) is 0.930. The molecule has 0 fully saturated rings. The van der Waals surface area contributed by atoms with E-state index in [1.807, 2.05) is 6.07 Å².